The molecule has 1 N–H and O–H groups in total. The summed E-state index contributed by atoms with van der Waals surface area (Å²) in [6.07, 6.45) is 0. The topological polar surface area (TPSA) is 58.6 Å². The van der Waals surface area contributed by atoms with Crippen molar-refractivity contribution in [2.75, 3.05) is 10.2 Å². The molecule has 4 rings (SSSR count). The molecule has 5 nitrogen and oxygen atoms in total. The minimum atomic E-state index is -0.593. The van der Waals surface area contributed by atoms with E-state index in [1.807, 2.05) is 30.3 Å². The Hall–Kier alpha value is -3.28. The van der Waals surface area contributed by atoms with E-state index in [2.05, 4.69) is 5.32 Å². The lowest BCUT2D eigenvalue weighted by Gasteiger charge is -2.16. The van der Waals surface area contributed by atoms with Crippen LogP contribution in [0.4, 0.5) is 11.4 Å². The molecule has 1 heterocycles. The van der Waals surface area contributed by atoms with Crippen molar-refractivity contribution in [3.05, 3.63) is 94.6 Å². The van der Waals surface area contributed by atoms with Crippen molar-refractivity contribution < 1.29 is 14.3 Å². The highest BCUT2D eigenvalue weighted by molar-refractivity contribution is 6.53. The van der Waals surface area contributed by atoms with Crippen LogP contribution < -0.4 is 15.0 Å². The molecule has 0 saturated heterocycles. The van der Waals surface area contributed by atoms with Crippen LogP contribution in [-0.4, -0.2) is 11.8 Å². The molecule has 2 amide bonds. The van der Waals surface area contributed by atoms with Crippen LogP contribution in [0.25, 0.3) is 0 Å². The van der Waals surface area contributed by atoms with E-state index in [4.69, 9.17) is 27.9 Å². The Kier molecular flexibility index (Phi) is 5.25. The maximum absolute atomic E-state index is 12.8. The highest BCUT2D eigenvalue weighted by Crippen LogP contribution is 2.32. The first kappa shape index (κ1) is 19.1. The van der Waals surface area contributed by atoms with E-state index in [-0.39, 0.29) is 10.7 Å². The van der Waals surface area contributed by atoms with Gasteiger partial charge in [0.05, 0.1) is 5.69 Å². The zero-order valence-corrected chi connectivity index (χ0v) is 16.4. The molecular formula is C22H14Cl2N2O3. The first-order valence-electron chi connectivity index (χ1n) is 8.67. The number of rotatable bonds is 5. The molecule has 7 heteroatoms. The van der Waals surface area contributed by atoms with Crippen molar-refractivity contribution in [3.8, 4) is 11.5 Å². The summed E-state index contributed by atoms with van der Waals surface area (Å²) in [7, 11) is 0. The quantitative estimate of drug-likeness (QED) is 0.544. The summed E-state index contributed by atoms with van der Waals surface area (Å²) in [6, 6.07) is 22.6. The number of imide groups is 1. The molecule has 0 aliphatic carbocycles. The predicted molar refractivity (Wildman–Crippen MR) is 113 cm³/mol. The second-order valence-electron chi connectivity index (χ2n) is 6.18. The predicted octanol–water partition coefficient (Wildman–Crippen LogP) is 5.57. The largest absolute Gasteiger partial charge is 0.457 e. The van der Waals surface area contributed by atoms with Crippen LogP contribution in [0.3, 0.4) is 0 Å². The third-order valence-electron chi connectivity index (χ3n) is 4.21. The van der Waals surface area contributed by atoms with Crippen molar-refractivity contribution in [1.29, 1.82) is 0 Å². The van der Waals surface area contributed by atoms with Crippen molar-refractivity contribution >= 4 is 46.4 Å². The van der Waals surface area contributed by atoms with Crippen molar-refractivity contribution in [2.24, 2.45) is 0 Å². The summed E-state index contributed by atoms with van der Waals surface area (Å²) in [5, 5.41) is 3.28. The molecular weight excluding hydrogens is 411 g/mol. The van der Waals surface area contributed by atoms with Crippen LogP contribution in [-0.2, 0) is 9.59 Å². The van der Waals surface area contributed by atoms with Crippen LogP contribution in [0.15, 0.2) is 89.6 Å². The molecule has 29 heavy (non-hydrogen) atoms. The van der Waals surface area contributed by atoms with Crippen molar-refractivity contribution in [3.63, 3.8) is 0 Å². The zero-order chi connectivity index (χ0) is 20.4. The summed E-state index contributed by atoms with van der Waals surface area (Å²) in [6.45, 7) is 0. The Labute approximate surface area is 177 Å². The number of hydrogen-bond acceptors (Lipinski definition) is 4. The lowest BCUT2D eigenvalue weighted by atomic mass is 10.2. The molecule has 144 valence electrons. The first-order valence-corrected chi connectivity index (χ1v) is 9.42. The Balaban J connectivity index is 1.52. The minimum absolute atomic E-state index is 0.0172. The molecule has 0 saturated carbocycles. The molecule has 0 spiro atoms. The second kappa shape index (κ2) is 7.99. The van der Waals surface area contributed by atoms with E-state index in [0.29, 0.717) is 27.9 Å². The molecule has 0 fully saturated rings. The lowest BCUT2D eigenvalue weighted by Crippen LogP contribution is -2.32. The van der Waals surface area contributed by atoms with Crippen LogP contribution in [0.2, 0.25) is 5.02 Å². The van der Waals surface area contributed by atoms with Gasteiger partial charge in [0.15, 0.2) is 0 Å². The van der Waals surface area contributed by atoms with Gasteiger partial charge in [0.2, 0.25) is 0 Å². The van der Waals surface area contributed by atoms with Crippen LogP contribution in [0, 0.1) is 0 Å². The molecule has 0 unspecified atom stereocenters. The summed E-state index contributed by atoms with van der Waals surface area (Å²) >= 11 is 12.0. The monoisotopic (exact) mass is 424 g/mol. The number of nitrogens with zero attached hydrogens (tertiary/aromatic N) is 1. The molecule has 0 aromatic heterocycles. The number of halogens is 2. The average Bonchev–Trinajstić information content (AvgIpc) is 2.94. The van der Waals surface area contributed by atoms with Gasteiger partial charge in [0.25, 0.3) is 11.8 Å². The number of para-hydroxylation sites is 1. The van der Waals surface area contributed by atoms with E-state index in [1.165, 1.54) is 0 Å². The number of ether oxygens (including phenoxy) is 1. The molecule has 1 aliphatic rings. The van der Waals surface area contributed by atoms with Crippen molar-refractivity contribution in [1.82, 2.24) is 0 Å². The normalized spacial score (nSPS) is 13.8. The number of anilines is 2. The third kappa shape index (κ3) is 3.97. The fourth-order valence-electron chi connectivity index (χ4n) is 2.81. The van der Waals surface area contributed by atoms with E-state index in [1.54, 1.807) is 48.5 Å². The van der Waals surface area contributed by atoms with Gasteiger partial charge >= 0.3 is 0 Å². The minimum Gasteiger partial charge on any atom is -0.457 e. The van der Waals surface area contributed by atoms with Gasteiger partial charge in [-0.2, -0.15) is 0 Å². The summed E-state index contributed by atoms with van der Waals surface area (Å²) < 4.78 is 5.73. The third-order valence-corrected chi connectivity index (χ3v) is 4.82. The molecule has 1 aliphatic heterocycles. The summed E-state index contributed by atoms with van der Waals surface area (Å²) in [4.78, 5) is 26.4. The first-order chi connectivity index (χ1) is 14.0. The fraction of sp³-hybridized carbons (Fsp3) is 0. The maximum Gasteiger partial charge on any atom is 0.283 e. The van der Waals surface area contributed by atoms with Gasteiger partial charge in [0.1, 0.15) is 22.2 Å². The molecule has 0 atom stereocenters. The van der Waals surface area contributed by atoms with Crippen LogP contribution >= 0.6 is 23.2 Å². The lowest BCUT2D eigenvalue weighted by molar-refractivity contribution is -0.120. The Morgan fingerprint density at radius 2 is 1.34 bits per heavy atom. The number of benzene rings is 3. The van der Waals surface area contributed by atoms with Crippen LogP contribution in [0.5, 0.6) is 11.5 Å². The average molecular weight is 425 g/mol. The van der Waals surface area contributed by atoms with E-state index in [0.717, 1.165) is 4.90 Å². The van der Waals surface area contributed by atoms with Crippen LogP contribution in [0.1, 0.15) is 0 Å². The smallest absolute Gasteiger partial charge is 0.283 e. The highest BCUT2D eigenvalue weighted by Gasteiger charge is 2.38. The molecule has 0 bridgehead atoms. The summed E-state index contributed by atoms with van der Waals surface area (Å²) in [5.41, 5.74) is 1.01. The van der Waals surface area contributed by atoms with Crippen molar-refractivity contribution in [2.45, 2.75) is 0 Å². The number of hydrogen-bond donors (Lipinski definition) is 1. The van der Waals surface area contributed by atoms with Gasteiger partial charge in [-0.05, 0) is 60.7 Å². The Bertz CT molecular complexity index is 1100. The maximum atomic E-state index is 12.8. The standard InChI is InChI=1S/C22H14Cl2N2O3/c23-14-6-8-15(9-7-14)25-20-19(24)21(27)26(22(20)28)16-10-12-18(13-11-16)29-17-4-2-1-3-5-17/h1-13,25H. The molecule has 3 aromatic rings. The van der Waals surface area contributed by atoms with E-state index in [9.17, 15) is 9.59 Å². The number of amides is 2. The van der Waals surface area contributed by atoms with Gasteiger partial charge in [-0.15, -0.1) is 0 Å². The zero-order valence-electron chi connectivity index (χ0n) is 14.9. The van der Waals surface area contributed by atoms with Gasteiger partial charge in [-0.25, -0.2) is 4.90 Å². The Morgan fingerprint density at radius 1 is 0.724 bits per heavy atom. The van der Waals surface area contributed by atoms with Gasteiger partial charge < -0.3 is 10.1 Å². The van der Waals surface area contributed by atoms with Gasteiger partial charge in [0, 0.05) is 10.7 Å². The second-order valence-corrected chi connectivity index (χ2v) is 6.99. The SMILES string of the molecule is O=C1C(Cl)=C(Nc2ccc(Cl)cc2)C(=O)N1c1ccc(Oc2ccccc2)cc1. The van der Waals surface area contributed by atoms with Gasteiger partial charge in [-0.3, -0.25) is 9.59 Å². The number of carbonyl (C=O) groups excluding carboxylic acids is 2. The van der Waals surface area contributed by atoms with Gasteiger partial charge in [-0.1, -0.05) is 41.4 Å². The molecule has 0 radical (unpaired) electrons. The van der Waals surface area contributed by atoms with E-state index >= 15 is 0 Å². The summed E-state index contributed by atoms with van der Waals surface area (Å²) in [5.74, 6) is 0.141. The Morgan fingerprint density at radius 3 is 2.00 bits per heavy atom. The fourth-order valence-corrected chi connectivity index (χ4v) is 3.15. The highest BCUT2D eigenvalue weighted by atomic mass is 35.5. The molecule has 3 aromatic carbocycles. The number of carbonyl (C=O) groups is 2. The number of nitrogens with one attached hydrogen (secondary N) is 1. The van der Waals surface area contributed by atoms with E-state index < -0.39 is 11.8 Å².